The van der Waals surface area contributed by atoms with Crippen LogP contribution in [0.2, 0.25) is 0 Å². The first-order chi connectivity index (χ1) is 10.2. The van der Waals surface area contributed by atoms with Crippen molar-refractivity contribution in [3.63, 3.8) is 0 Å². The quantitative estimate of drug-likeness (QED) is 0.723. The van der Waals surface area contributed by atoms with Crippen molar-refractivity contribution in [2.24, 2.45) is 0 Å². The van der Waals surface area contributed by atoms with Crippen LogP contribution < -0.4 is 10.2 Å². The summed E-state index contributed by atoms with van der Waals surface area (Å²) >= 11 is 1.68. The molecule has 2 rings (SSSR count). The lowest BCUT2D eigenvalue weighted by Crippen LogP contribution is -2.35. The van der Waals surface area contributed by atoms with Crippen molar-refractivity contribution >= 4 is 22.1 Å². The van der Waals surface area contributed by atoms with E-state index in [0.29, 0.717) is 12.6 Å². The minimum absolute atomic E-state index is 0.398. The van der Waals surface area contributed by atoms with Crippen LogP contribution >= 0.6 is 11.3 Å². The molecule has 0 aliphatic carbocycles. The van der Waals surface area contributed by atoms with E-state index < -0.39 is 0 Å². The van der Waals surface area contributed by atoms with Gasteiger partial charge < -0.3 is 15.0 Å². The molecule has 0 fully saturated rings. The van der Waals surface area contributed by atoms with E-state index in [0.717, 1.165) is 36.8 Å². The number of aromatic nitrogens is 2. The third-order valence-electron chi connectivity index (χ3n) is 3.49. The number of rotatable bonds is 9. The van der Waals surface area contributed by atoms with Gasteiger partial charge >= 0.3 is 0 Å². The van der Waals surface area contributed by atoms with Crippen LogP contribution in [0.4, 0.5) is 5.82 Å². The van der Waals surface area contributed by atoms with E-state index in [1.54, 1.807) is 18.4 Å². The molecule has 2 aromatic rings. The fourth-order valence-electron chi connectivity index (χ4n) is 2.40. The van der Waals surface area contributed by atoms with Gasteiger partial charge in [-0.3, -0.25) is 4.40 Å². The molecule has 5 nitrogen and oxygen atoms in total. The first-order valence-electron chi connectivity index (χ1n) is 7.59. The summed E-state index contributed by atoms with van der Waals surface area (Å²) < 4.78 is 7.45. The van der Waals surface area contributed by atoms with Gasteiger partial charge in [0.25, 0.3) is 0 Å². The fourth-order valence-corrected chi connectivity index (χ4v) is 3.13. The summed E-state index contributed by atoms with van der Waals surface area (Å²) in [6.07, 6.45) is 3.24. The third kappa shape index (κ3) is 3.75. The number of thiazole rings is 1. The highest BCUT2D eigenvalue weighted by Gasteiger charge is 2.20. The average Bonchev–Trinajstić information content (AvgIpc) is 3.02. The lowest BCUT2D eigenvalue weighted by molar-refractivity contribution is 0.203. The van der Waals surface area contributed by atoms with Crippen LogP contribution in [-0.2, 0) is 11.3 Å². The van der Waals surface area contributed by atoms with E-state index in [1.165, 1.54) is 5.69 Å². The number of nitrogens with one attached hydrogen (secondary N) is 1. The molecular weight excluding hydrogens is 284 g/mol. The Morgan fingerprint density at radius 1 is 1.48 bits per heavy atom. The van der Waals surface area contributed by atoms with Gasteiger partial charge in [-0.1, -0.05) is 6.92 Å². The van der Waals surface area contributed by atoms with E-state index in [9.17, 15) is 0 Å². The van der Waals surface area contributed by atoms with Crippen LogP contribution in [0.25, 0.3) is 4.96 Å². The van der Waals surface area contributed by atoms with Crippen molar-refractivity contribution < 1.29 is 4.74 Å². The molecule has 0 atom stereocenters. The summed E-state index contributed by atoms with van der Waals surface area (Å²) in [5.74, 6) is 1.08. The minimum Gasteiger partial charge on any atom is -0.383 e. The predicted molar refractivity (Wildman–Crippen MR) is 89.4 cm³/mol. The Morgan fingerprint density at radius 2 is 2.29 bits per heavy atom. The van der Waals surface area contributed by atoms with E-state index in [4.69, 9.17) is 9.72 Å². The average molecular weight is 310 g/mol. The third-order valence-corrected chi connectivity index (χ3v) is 4.25. The summed E-state index contributed by atoms with van der Waals surface area (Å²) in [6.45, 7) is 10.0. The largest absolute Gasteiger partial charge is 0.383 e. The summed E-state index contributed by atoms with van der Waals surface area (Å²) in [5, 5.41) is 5.58. The minimum atomic E-state index is 0.398. The van der Waals surface area contributed by atoms with E-state index in [2.05, 4.69) is 47.0 Å². The van der Waals surface area contributed by atoms with Gasteiger partial charge in [0.1, 0.15) is 0 Å². The molecule has 0 bridgehead atoms. The standard InChI is InChI=1S/C15H26N4OS/c1-5-6-16-11-13-14(17-15-19(13)8-10-21-15)18(12(2)3)7-9-20-4/h8,10,12,16H,5-7,9,11H2,1-4H3. The molecule has 0 aliphatic rings. The van der Waals surface area contributed by atoms with Crippen molar-refractivity contribution in [3.8, 4) is 0 Å². The molecule has 1 N–H and O–H groups in total. The van der Waals surface area contributed by atoms with Gasteiger partial charge in [-0.05, 0) is 26.8 Å². The van der Waals surface area contributed by atoms with E-state index in [1.807, 2.05) is 0 Å². The lowest BCUT2D eigenvalue weighted by Gasteiger charge is -2.27. The second-order valence-electron chi connectivity index (χ2n) is 5.39. The number of anilines is 1. The molecular formula is C15H26N4OS. The van der Waals surface area contributed by atoms with Gasteiger partial charge in [0.2, 0.25) is 0 Å². The Labute approximate surface area is 130 Å². The zero-order chi connectivity index (χ0) is 15.2. The molecule has 0 saturated carbocycles. The Bertz CT molecular complexity index is 549. The zero-order valence-electron chi connectivity index (χ0n) is 13.4. The first-order valence-corrected chi connectivity index (χ1v) is 8.47. The zero-order valence-corrected chi connectivity index (χ0v) is 14.2. The fraction of sp³-hybridized carbons (Fsp3) is 0.667. The highest BCUT2D eigenvalue weighted by molar-refractivity contribution is 7.15. The molecule has 0 aromatic carbocycles. The van der Waals surface area contributed by atoms with Gasteiger partial charge in [0.05, 0.1) is 12.3 Å². The van der Waals surface area contributed by atoms with E-state index in [-0.39, 0.29) is 0 Å². The normalized spacial score (nSPS) is 11.7. The molecule has 0 unspecified atom stereocenters. The number of hydrogen-bond donors (Lipinski definition) is 1. The molecule has 0 saturated heterocycles. The molecule has 0 aliphatic heterocycles. The Balaban J connectivity index is 2.30. The maximum absolute atomic E-state index is 5.25. The van der Waals surface area contributed by atoms with Crippen LogP contribution in [0.1, 0.15) is 32.9 Å². The molecule has 2 aromatic heterocycles. The van der Waals surface area contributed by atoms with Crippen molar-refractivity contribution in [1.82, 2.24) is 14.7 Å². The summed E-state index contributed by atoms with van der Waals surface area (Å²) in [6, 6.07) is 0.398. The van der Waals surface area contributed by atoms with Gasteiger partial charge in [-0.25, -0.2) is 4.98 Å². The monoisotopic (exact) mass is 310 g/mol. The number of imidazole rings is 1. The molecule has 6 heteroatoms. The second-order valence-corrected chi connectivity index (χ2v) is 6.27. The Hall–Kier alpha value is -1.11. The molecule has 21 heavy (non-hydrogen) atoms. The van der Waals surface area contributed by atoms with Crippen LogP contribution in [0.5, 0.6) is 0 Å². The summed E-state index contributed by atoms with van der Waals surface area (Å²) in [5.41, 5.74) is 1.24. The van der Waals surface area contributed by atoms with Gasteiger partial charge in [0.15, 0.2) is 10.8 Å². The first kappa shape index (κ1) is 16.3. The highest BCUT2D eigenvalue weighted by atomic mass is 32.1. The SMILES string of the molecule is CCCNCc1c(N(CCOC)C(C)C)nc2sccn12. The van der Waals surface area contributed by atoms with Crippen LogP contribution in [-0.4, -0.2) is 42.2 Å². The van der Waals surface area contributed by atoms with Crippen LogP contribution in [0.15, 0.2) is 11.6 Å². The Kier molecular flexibility index (Phi) is 6.02. The maximum atomic E-state index is 5.25. The molecule has 0 amide bonds. The molecule has 118 valence electrons. The number of ether oxygens (including phenoxy) is 1. The van der Waals surface area contributed by atoms with Crippen molar-refractivity contribution in [2.45, 2.75) is 39.8 Å². The second kappa shape index (κ2) is 7.77. The summed E-state index contributed by atoms with van der Waals surface area (Å²) in [7, 11) is 1.74. The predicted octanol–water partition coefficient (Wildman–Crippen LogP) is 2.76. The van der Waals surface area contributed by atoms with Crippen molar-refractivity contribution in [3.05, 3.63) is 17.3 Å². The number of hydrogen-bond acceptors (Lipinski definition) is 5. The van der Waals surface area contributed by atoms with Crippen LogP contribution in [0.3, 0.4) is 0 Å². The highest BCUT2D eigenvalue weighted by Crippen LogP contribution is 2.26. The van der Waals surface area contributed by atoms with Gasteiger partial charge in [-0.2, -0.15) is 0 Å². The molecule has 0 spiro atoms. The topological polar surface area (TPSA) is 41.8 Å². The number of fused-ring (bicyclic) bond motifs is 1. The summed E-state index contributed by atoms with van der Waals surface area (Å²) in [4.78, 5) is 8.22. The number of nitrogens with zero attached hydrogens (tertiary/aromatic N) is 3. The van der Waals surface area contributed by atoms with Gasteiger partial charge in [0, 0.05) is 37.8 Å². The molecule has 2 heterocycles. The van der Waals surface area contributed by atoms with E-state index >= 15 is 0 Å². The maximum Gasteiger partial charge on any atom is 0.195 e. The van der Waals surface area contributed by atoms with Crippen molar-refractivity contribution in [1.29, 1.82) is 0 Å². The lowest BCUT2D eigenvalue weighted by atomic mass is 10.3. The number of methoxy groups -OCH3 is 1. The van der Waals surface area contributed by atoms with Crippen molar-refractivity contribution in [2.75, 3.05) is 31.7 Å². The van der Waals surface area contributed by atoms with Crippen LogP contribution in [0, 0.1) is 0 Å². The van der Waals surface area contributed by atoms with Gasteiger partial charge in [-0.15, -0.1) is 11.3 Å². The Morgan fingerprint density at radius 3 is 2.95 bits per heavy atom. The molecule has 0 radical (unpaired) electrons. The smallest absolute Gasteiger partial charge is 0.195 e.